The van der Waals surface area contributed by atoms with Crippen molar-refractivity contribution in [1.82, 2.24) is 29.5 Å². The standard InChI is InChI=1S/2C8H14N4O.Ce.3NO3/c2*1-8(2,3)12(13)5-7-10-9-6-11(7)4;;3*2-1(3)4/h2*5-6H,1-4H3;;;;/q;;+3;3*-1/b2*12-5-;;;;. The van der Waals surface area contributed by atoms with Gasteiger partial charge in [-0.05, 0) is 0 Å². The first-order valence-corrected chi connectivity index (χ1v) is 9.77. The summed E-state index contributed by atoms with van der Waals surface area (Å²) >= 11 is 0. The second-order valence-corrected chi connectivity index (χ2v) is 8.52. The quantitative estimate of drug-likeness (QED) is 0.135. The van der Waals surface area contributed by atoms with E-state index in [4.69, 9.17) is 46.0 Å². The zero-order valence-electron chi connectivity index (χ0n) is 22.2. The molecule has 22 nitrogen and oxygen atoms in total. The van der Waals surface area contributed by atoms with Crippen LogP contribution < -0.4 is 0 Å². The molecule has 0 fully saturated rings. The van der Waals surface area contributed by atoms with Gasteiger partial charge < -0.3 is 65.5 Å². The Kier molecular flexibility index (Phi) is 21.9. The maximum absolute atomic E-state index is 11.5. The van der Waals surface area contributed by atoms with E-state index in [9.17, 15) is 10.4 Å². The van der Waals surface area contributed by atoms with Crippen molar-refractivity contribution in [3.8, 4) is 0 Å². The van der Waals surface area contributed by atoms with E-state index in [-0.39, 0.29) is 41.7 Å². The average molecular weight is 691 g/mol. The van der Waals surface area contributed by atoms with Gasteiger partial charge in [-0.25, -0.2) is 9.48 Å². The fourth-order valence-corrected chi connectivity index (χ4v) is 1.42. The van der Waals surface area contributed by atoms with Crippen LogP contribution in [-0.4, -0.2) is 77.8 Å². The fourth-order valence-electron chi connectivity index (χ4n) is 1.42. The molecular weight excluding hydrogens is 662 g/mol. The Morgan fingerprint density at radius 2 is 0.821 bits per heavy atom. The Morgan fingerprint density at radius 1 is 0.615 bits per heavy atom. The van der Waals surface area contributed by atoms with E-state index in [1.54, 1.807) is 35.9 Å². The minimum Gasteiger partial charge on any atom is -0.623 e. The van der Waals surface area contributed by atoms with Crippen LogP contribution in [0.2, 0.25) is 0 Å². The third kappa shape index (κ3) is 27.1. The number of aryl methyl sites for hydroxylation is 2. The third-order valence-corrected chi connectivity index (χ3v) is 3.28. The molecule has 0 aliphatic heterocycles. The molecule has 0 saturated heterocycles. The molecule has 0 saturated carbocycles. The number of hydrogen-bond donors (Lipinski definition) is 0. The van der Waals surface area contributed by atoms with Gasteiger partial charge in [-0.1, -0.05) is 0 Å². The van der Waals surface area contributed by atoms with Crippen molar-refractivity contribution in [3.05, 3.63) is 80.7 Å². The monoisotopic (exact) mass is 690 g/mol. The normalized spacial score (nSPS) is 10.8. The van der Waals surface area contributed by atoms with Crippen molar-refractivity contribution in [2.75, 3.05) is 0 Å². The van der Waals surface area contributed by atoms with Gasteiger partial charge in [0.25, 0.3) is 0 Å². The summed E-state index contributed by atoms with van der Waals surface area (Å²) in [5.41, 5.74) is -0.877. The van der Waals surface area contributed by atoms with Crippen molar-refractivity contribution >= 4 is 12.4 Å². The third-order valence-electron chi connectivity index (χ3n) is 3.28. The van der Waals surface area contributed by atoms with Crippen molar-refractivity contribution in [2.24, 2.45) is 14.1 Å². The summed E-state index contributed by atoms with van der Waals surface area (Å²) in [5.74, 6) is 1.12. The molecule has 2 aromatic heterocycles. The minimum atomic E-state index is -1.75. The molecule has 0 aliphatic rings. The summed E-state index contributed by atoms with van der Waals surface area (Å²) < 4.78 is 5.13. The van der Waals surface area contributed by atoms with Crippen molar-refractivity contribution in [2.45, 2.75) is 52.6 Å². The summed E-state index contributed by atoms with van der Waals surface area (Å²) in [6.07, 6.45) is 5.99. The zero-order valence-corrected chi connectivity index (χ0v) is 25.4. The number of hydrogen-bond acceptors (Lipinski definition) is 15. The van der Waals surface area contributed by atoms with Crippen LogP contribution in [-0.2, 0) is 14.1 Å². The predicted molar refractivity (Wildman–Crippen MR) is 130 cm³/mol. The smallest absolute Gasteiger partial charge is 0.623 e. The summed E-state index contributed by atoms with van der Waals surface area (Å²) in [6, 6.07) is 0. The first-order chi connectivity index (χ1) is 17.0. The molecule has 2 rings (SSSR count). The van der Waals surface area contributed by atoms with Crippen LogP contribution in [0.5, 0.6) is 0 Å². The van der Waals surface area contributed by atoms with Crippen LogP contribution in [0.1, 0.15) is 53.2 Å². The number of nitrogens with zero attached hydrogens (tertiary/aromatic N) is 11. The van der Waals surface area contributed by atoms with E-state index in [1.165, 1.54) is 12.4 Å². The molecule has 0 bridgehead atoms. The van der Waals surface area contributed by atoms with Gasteiger partial charge in [0.15, 0.2) is 11.1 Å². The molecule has 23 heteroatoms. The Labute approximate surface area is 254 Å². The molecule has 217 valence electrons. The van der Waals surface area contributed by atoms with Crippen LogP contribution in [0.3, 0.4) is 0 Å². The maximum atomic E-state index is 11.5. The zero-order chi connectivity index (χ0) is 30.9. The van der Waals surface area contributed by atoms with Crippen LogP contribution in [0.25, 0.3) is 0 Å². The molecule has 1 radical (unpaired) electrons. The second-order valence-electron chi connectivity index (χ2n) is 8.52. The largest absolute Gasteiger partial charge is 3.00 e. The molecule has 0 aromatic carbocycles. The van der Waals surface area contributed by atoms with Gasteiger partial charge in [-0.15, -0.1) is 20.4 Å². The summed E-state index contributed by atoms with van der Waals surface area (Å²) in [7, 11) is 3.59. The molecule has 0 atom stereocenters. The summed E-state index contributed by atoms with van der Waals surface area (Å²) in [5, 5.41) is 82.1. The molecule has 0 amide bonds. The molecule has 39 heavy (non-hydrogen) atoms. The van der Waals surface area contributed by atoms with E-state index in [0.717, 1.165) is 9.48 Å². The first-order valence-electron chi connectivity index (χ1n) is 9.77. The topological polar surface area (TPSA) is 312 Å². The number of rotatable bonds is 2. The van der Waals surface area contributed by atoms with E-state index in [1.807, 2.05) is 41.5 Å². The Balaban J connectivity index is -0.000000220. The van der Waals surface area contributed by atoms with Gasteiger partial charge in [-0.3, -0.25) is 0 Å². The molecule has 0 aliphatic carbocycles. The minimum absolute atomic E-state index is 0. The van der Waals surface area contributed by atoms with Crippen molar-refractivity contribution in [3.63, 3.8) is 0 Å². The maximum Gasteiger partial charge on any atom is 3.00 e. The number of hydroxylamine groups is 2. The first kappa shape index (κ1) is 42.3. The van der Waals surface area contributed by atoms with Gasteiger partial charge in [0.05, 0.1) is 15.3 Å². The molecule has 0 spiro atoms. The predicted octanol–water partition coefficient (Wildman–Crippen LogP) is 0.368. The van der Waals surface area contributed by atoms with E-state index >= 15 is 0 Å². The fraction of sp³-hybridized carbons (Fsp3) is 0.625. The Hall–Kier alpha value is -3.80. The Bertz CT molecular complexity index is 966. The second kappa shape index (κ2) is 20.2. The molecule has 2 heterocycles. The molecular formula is C16H28CeN11O11. The molecule has 2 aromatic rings. The van der Waals surface area contributed by atoms with E-state index < -0.39 is 26.3 Å². The van der Waals surface area contributed by atoms with Crippen LogP contribution in [0, 0.1) is 98.1 Å². The van der Waals surface area contributed by atoms with Gasteiger partial charge in [-0.2, -0.15) is 0 Å². The SMILES string of the molecule is Cn1cnnc1/C=[N+](\[O-])C(C)(C)C.Cn1cnnc1/C=[N+](\[O-])C(C)(C)C.O=[N+]([O-])[O-].O=[N+]([O-])[O-].O=[N+]([O-])[O-].[Ce+3]. The molecule has 0 unspecified atom stereocenters. The van der Waals surface area contributed by atoms with Crippen molar-refractivity contribution in [1.29, 1.82) is 0 Å². The Morgan fingerprint density at radius 3 is 0.949 bits per heavy atom. The van der Waals surface area contributed by atoms with Gasteiger partial charge in [0, 0.05) is 55.6 Å². The molecule has 0 N–H and O–H groups in total. The van der Waals surface area contributed by atoms with Gasteiger partial charge in [0.1, 0.15) is 12.7 Å². The van der Waals surface area contributed by atoms with Crippen LogP contribution in [0.4, 0.5) is 0 Å². The van der Waals surface area contributed by atoms with Crippen LogP contribution in [0.15, 0.2) is 12.7 Å². The van der Waals surface area contributed by atoms with Gasteiger partial charge in [0.2, 0.25) is 24.1 Å². The summed E-state index contributed by atoms with van der Waals surface area (Å²) in [6.45, 7) is 11.0. The van der Waals surface area contributed by atoms with Crippen molar-refractivity contribution < 1.29 is 66.5 Å². The van der Waals surface area contributed by atoms with Crippen LogP contribution >= 0.6 is 0 Å². The average Bonchev–Trinajstić information content (AvgIpc) is 3.27. The summed E-state index contributed by atoms with van der Waals surface area (Å²) in [4.78, 5) is 24.8. The van der Waals surface area contributed by atoms with E-state index in [2.05, 4.69) is 20.4 Å². The van der Waals surface area contributed by atoms with Gasteiger partial charge >= 0.3 is 41.7 Å². The van der Waals surface area contributed by atoms with E-state index in [0.29, 0.717) is 11.6 Å². The number of aromatic nitrogens is 6.